The number of hydrogen-bond acceptors (Lipinski definition) is 4. The minimum atomic E-state index is 0.306. The highest BCUT2D eigenvalue weighted by Gasteiger charge is 2.28. The second kappa shape index (κ2) is 4.28. The molecule has 2 rings (SSSR count). The normalized spacial score (nSPS) is 17.5. The molecule has 0 bridgehead atoms. The molecule has 88 valence electrons. The van der Waals surface area contributed by atoms with E-state index < -0.39 is 0 Å². The van der Waals surface area contributed by atoms with Crippen molar-refractivity contribution in [3.63, 3.8) is 0 Å². The molecule has 4 nitrogen and oxygen atoms in total. The zero-order valence-corrected chi connectivity index (χ0v) is 10.2. The van der Waals surface area contributed by atoms with Crippen LogP contribution in [0.5, 0.6) is 0 Å². The predicted molar refractivity (Wildman–Crippen MR) is 66.3 cm³/mol. The summed E-state index contributed by atoms with van der Waals surface area (Å²) in [5, 5.41) is 3.41. The molecule has 1 aromatic rings. The van der Waals surface area contributed by atoms with Crippen LogP contribution in [0.25, 0.3) is 0 Å². The van der Waals surface area contributed by atoms with E-state index in [1.165, 1.54) is 12.8 Å². The maximum Gasteiger partial charge on any atom is 0.135 e. The van der Waals surface area contributed by atoms with Crippen LogP contribution in [0.4, 0.5) is 11.6 Å². The summed E-state index contributed by atoms with van der Waals surface area (Å²) in [4.78, 5) is 8.71. The molecule has 4 heteroatoms. The molecule has 1 aliphatic carbocycles. The molecule has 16 heavy (non-hydrogen) atoms. The quantitative estimate of drug-likeness (QED) is 0.817. The average molecular weight is 220 g/mol. The largest absolute Gasteiger partial charge is 0.384 e. The predicted octanol–water partition coefficient (Wildman–Crippen LogP) is 2.39. The molecule has 1 aromatic heterocycles. The minimum absolute atomic E-state index is 0.306. The van der Waals surface area contributed by atoms with Gasteiger partial charge in [-0.15, -0.1) is 0 Å². The van der Waals surface area contributed by atoms with Gasteiger partial charge in [-0.25, -0.2) is 9.97 Å². The molecule has 0 saturated heterocycles. The van der Waals surface area contributed by atoms with Crippen LogP contribution in [0.15, 0.2) is 6.07 Å². The van der Waals surface area contributed by atoms with Gasteiger partial charge in [-0.3, -0.25) is 0 Å². The van der Waals surface area contributed by atoms with Crippen LogP contribution in [0.3, 0.4) is 0 Å². The molecular formula is C12H20N4. The molecule has 1 fully saturated rings. The summed E-state index contributed by atoms with van der Waals surface area (Å²) in [5.41, 5.74) is 5.77. The standard InChI is InChI=1S/C12H20N4/c1-7(2)12-15-10(13)6-11(16-12)14-8(3)9-4-5-9/h6-9H,4-5H2,1-3H3,(H3,13,14,15,16). The fourth-order valence-corrected chi connectivity index (χ4v) is 1.76. The van der Waals surface area contributed by atoms with Gasteiger partial charge < -0.3 is 11.1 Å². The number of hydrogen-bond donors (Lipinski definition) is 2. The molecule has 3 N–H and O–H groups in total. The summed E-state index contributed by atoms with van der Waals surface area (Å²) in [6.07, 6.45) is 2.65. The fraction of sp³-hybridized carbons (Fsp3) is 0.667. The molecule has 1 aliphatic rings. The third-order valence-corrected chi connectivity index (χ3v) is 2.98. The Balaban J connectivity index is 2.13. The first kappa shape index (κ1) is 11.2. The highest BCUT2D eigenvalue weighted by Crippen LogP contribution is 2.33. The second-order valence-corrected chi connectivity index (χ2v) is 4.96. The summed E-state index contributed by atoms with van der Waals surface area (Å²) in [7, 11) is 0. The first-order valence-corrected chi connectivity index (χ1v) is 5.97. The summed E-state index contributed by atoms with van der Waals surface area (Å²) in [6, 6.07) is 2.29. The number of anilines is 2. The average Bonchev–Trinajstić information content (AvgIpc) is 2.99. The number of aromatic nitrogens is 2. The highest BCUT2D eigenvalue weighted by atomic mass is 15.1. The van der Waals surface area contributed by atoms with Crippen molar-refractivity contribution in [2.24, 2.45) is 5.92 Å². The number of nitrogen functional groups attached to an aromatic ring is 1. The van der Waals surface area contributed by atoms with E-state index in [0.29, 0.717) is 17.8 Å². The Hall–Kier alpha value is -1.32. The molecule has 1 unspecified atom stereocenters. The Morgan fingerprint density at radius 2 is 2.00 bits per heavy atom. The van der Waals surface area contributed by atoms with Crippen molar-refractivity contribution in [1.82, 2.24) is 9.97 Å². The van der Waals surface area contributed by atoms with E-state index in [-0.39, 0.29) is 0 Å². The summed E-state index contributed by atoms with van der Waals surface area (Å²) < 4.78 is 0. The number of nitrogens with two attached hydrogens (primary N) is 1. The smallest absolute Gasteiger partial charge is 0.135 e. The van der Waals surface area contributed by atoms with Gasteiger partial charge in [0.15, 0.2) is 0 Å². The molecule has 0 spiro atoms. The third-order valence-electron chi connectivity index (χ3n) is 2.98. The summed E-state index contributed by atoms with van der Waals surface area (Å²) >= 11 is 0. The van der Waals surface area contributed by atoms with Gasteiger partial charge in [-0.1, -0.05) is 13.8 Å². The van der Waals surface area contributed by atoms with Gasteiger partial charge in [-0.2, -0.15) is 0 Å². The molecule has 0 aromatic carbocycles. The van der Waals surface area contributed by atoms with Crippen molar-refractivity contribution in [2.45, 2.75) is 45.6 Å². The highest BCUT2D eigenvalue weighted by molar-refractivity contribution is 5.45. The van der Waals surface area contributed by atoms with Gasteiger partial charge in [-0.05, 0) is 25.7 Å². The van der Waals surface area contributed by atoms with Gasteiger partial charge in [0.25, 0.3) is 0 Å². The van der Waals surface area contributed by atoms with E-state index in [9.17, 15) is 0 Å². The minimum Gasteiger partial charge on any atom is -0.384 e. The van der Waals surface area contributed by atoms with Crippen LogP contribution >= 0.6 is 0 Å². The van der Waals surface area contributed by atoms with Gasteiger partial charge in [0.2, 0.25) is 0 Å². The first-order valence-electron chi connectivity index (χ1n) is 5.97. The van der Waals surface area contributed by atoms with Gasteiger partial charge in [0.1, 0.15) is 17.5 Å². The second-order valence-electron chi connectivity index (χ2n) is 4.96. The van der Waals surface area contributed by atoms with Crippen molar-refractivity contribution in [1.29, 1.82) is 0 Å². The first-order chi connectivity index (χ1) is 7.56. The van der Waals surface area contributed by atoms with Crippen molar-refractivity contribution in [3.05, 3.63) is 11.9 Å². The van der Waals surface area contributed by atoms with Gasteiger partial charge >= 0.3 is 0 Å². The monoisotopic (exact) mass is 220 g/mol. The third kappa shape index (κ3) is 2.62. The lowest BCUT2D eigenvalue weighted by Gasteiger charge is -2.15. The fourth-order valence-electron chi connectivity index (χ4n) is 1.76. The topological polar surface area (TPSA) is 63.8 Å². The molecular weight excluding hydrogens is 200 g/mol. The van der Waals surface area contributed by atoms with Crippen molar-refractivity contribution < 1.29 is 0 Å². The molecule has 0 amide bonds. The Labute approximate surface area is 96.7 Å². The lowest BCUT2D eigenvalue weighted by atomic mass is 10.2. The maximum atomic E-state index is 5.77. The number of nitrogens with zero attached hydrogens (tertiary/aromatic N) is 2. The summed E-state index contributed by atoms with van der Waals surface area (Å²) in [6.45, 7) is 6.34. The molecule has 0 aliphatic heterocycles. The van der Waals surface area contributed by atoms with E-state index >= 15 is 0 Å². The van der Waals surface area contributed by atoms with E-state index in [1.54, 1.807) is 0 Å². The zero-order chi connectivity index (χ0) is 11.7. The number of rotatable bonds is 4. The molecule has 1 heterocycles. The Bertz CT molecular complexity index is 371. The van der Waals surface area contributed by atoms with Crippen molar-refractivity contribution >= 4 is 11.6 Å². The molecule has 1 atom stereocenters. The lowest BCUT2D eigenvalue weighted by Crippen LogP contribution is -2.19. The van der Waals surface area contributed by atoms with E-state index in [1.807, 2.05) is 6.07 Å². The lowest BCUT2D eigenvalue weighted by molar-refractivity contribution is 0.686. The van der Waals surface area contributed by atoms with Crippen LogP contribution < -0.4 is 11.1 Å². The molecule has 1 saturated carbocycles. The van der Waals surface area contributed by atoms with Crippen LogP contribution in [-0.2, 0) is 0 Å². The number of nitrogens with one attached hydrogen (secondary N) is 1. The van der Waals surface area contributed by atoms with Crippen LogP contribution in [-0.4, -0.2) is 16.0 Å². The van der Waals surface area contributed by atoms with E-state index in [2.05, 4.69) is 36.1 Å². The SMILES string of the molecule is CC(C)c1nc(N)cc(NC(C)C2CC2)n1. The van der Waals surface area contributed by atoms with Gasteiger partial charge in [0.05, 0.1) is 0 Å². The van der Waals surface area contributed by atoms with Crippen LogP contribution in [0.1, 0.15) is 45.4 Å². The van der Waals surface area contributed by atoms with Crippen molar-refractivity contribution in [3.8, 4) is 0 Å². The zero-order valence-electron chi connectivity index (χ0n) is 10.2. The van der Waals surface area contributed by atoms with Gasteiger partial charge in [0, 0.05) is 18.0 Å². The van der Waals surface area contributed by atoms with Crippen LogP contribution in [0, 0.1) is 5.92 Å². The van der Waals surface area contributed by atoms with Crippen molar-refractivity contribution in [2.75, 3.05) is 11.1 Å². The van der Waals surface area contributed by atoms with E-state index in [0.717, 1.165) is 17.6 Å². The Morgan fingerprint density at radius 3 is 2.56 bits per heavy atom. The molecule has 0 radical (unpaired) electrons. The maximum absolute atomic E-state index is 5.77. The van der Waals surface area contributed by atoms with Crippen LogP contribution in [0.2, 0.25) is 0 Å². The Kier molecular flexibility index (Phi) is 2.99. The Morgan fingerprint density at radius 1 is 1.31 bits per heavy atom. The summed E-state index contributed by atoms with van der Waals surface area (Å²) in [5.74, 6) is 3.32. The van der Waals surface area contributed by atoms with E-state index in [4.69, 9.17) is 5.73 Å².